The summed E-state index contributed by atoms with van der Waals surface area (Å²) in [5.41, 5.74) is 0.764. The number of aromatic nitrogens is 1. The molecule has 1 fully saturated rings. The second kappa shape index (κ2) is 5.98. The summed E-state index contributed by atoms with van der Waals surface area (Å²) in [4.78, 5) is 17.1. The molecule has 0 aliphatic carbocycles. The number of nitrogens with one attached hydrogen (secondary N) is 1. The summed E-state index contributed by atoms with van der Waals surface area (Å²) in [5.74, 6) is -0.298. The van der Waals surface area contributed by atoms with Gasteiger partial charge in [-0.05, 0) is 37.1 Å². The number of halogens is 3. The Balaban J connectivity index is 1.94. The largest absolute Gasteiger partial charge is 0.416 e. The van der Waals surface area contributed by atoms with E-state index in [4.69, 9.17) is 0 Å². The first-order chi connectivity index (χ1) is 11.3. The maximum absolute atomic E-state index is 12.9. The molecule has 1 aliphatic rings. The number of H-pyrrole nitrogens is 1. The zero-order valence-electron chi connectivity index (χ0n) is 13.0. The van der Waals surface area contributed by atoms with E-state index in [9.17, 15) is 23.1 Å². The second-order valence-corrected chi connectivity index (χ2v) is 6.00. The first-order valence-electron chi connectivity index (χ1n) is 7.57. The van der Waals surface area contributed by atoms with Gasteiger partial charge >= 0.3 is 6.18 Å². The predicted molar refractivity (Wildman–Crippen MR) is 81.4 cm³/mol. The summed E-state index contributed by atoms with van der Waals surface area (Å²) < 4.78 is 38.8. The molecule has 1 aromatic heterocycles. The van der Waals surface area contributed by atoms with Crippen LogP contribution in [0.25, 0.3) is 0 Å². The first-order valence-corrected chi connectivity index (χ1v) is 7.57. The third-order valence-electron chi connectivity index (χ3n) is 4.32. The first kappa shape index (κ1) is 16.6. The fourth-order valence-corrected chi connectivity index (χ4v) is 3.12. The van der Waals surface area contributed by atoms with E-state index >= 15 is 0 Å². The smallest absolute Gasteiger partial charge is 0.391 e. The average Bonchev–Trinajstić information content (AvgIpc) is 3.12. The number of aliphatic hydroxyl groups excluding tert-OH is 1. The molecule has 0 spiro atoms. The minimum atomic E-state index is -4.45. The van der Waals surface area contributed by atoms with Gasteiger partial charge in [0.1, 0.15) is 0 Å². The van der Waals surface area contributed by atoms with E-state index in [-0.39, 0.29) is 18.9 Å². The van der Waals surface area contributed by atoms with Gasteiger partial charge in [0, 0.05) is 18.4 Å². The molecule has 3 rings (SSSR count). The summed E-state index contributed by atoms with van der Waals surface area (Å²) in [7, 11) is 0. The Labute approximate surface area is 136 Å². The van der Waals surface area contributed by atoms with Gasteiger partial charge in [0.05, 0.1) is 23.3 Å². The molecule has 1 amide bonds. The van der Waals surface area contributed by atoms with Gasteiger partial charge < -0.3 is 15.0 Å². The van der Waals surface area contributed by atoms with Crippen molar-refractivity contribution in [2.75, 3.05) is 6.54 Å². The maximum Gasteiger partial charge on any atom is 0.416 e. The lowest BCUT2D eigenvalue weighted by Gasteiger charge is -2.25. The Morgan fingerprint density at radius 3 is 2.71 bits per heavy atom. The number of carbonyl (C=O) groups excluding carboxylic acids is 1. The summed E-state index contributed by atoms with van der Waals surface area (Å²) in [6.45, 7) is 1.85. The third-order valence-corrected chi connectivity index (χ3v) is 4.32. The van der Waals surface area contributed by atoms with Crippen molar-refractivity contribution in [3.8, 4) is 0 Å². The highest BCUT2D eigenvalue weighted by Gasteiger charge is 2.38. The van der Waals surface area contributed by atoms with Crippen LogP contribution in [0.2, 0.25) is 0 Å². The zero-order valence-corrected chi connectivity index (χ0v) is 13.0. The van der Waals surface area contributed by atoms with Crippen molar-refractivity contribution in [2.24, 2.45) is 0 Å². The number of carbonyl (C=O) groups is 1. The van der Waals surface area contributed by atoms with Crippen LogP contribution < -0.4 is 0 Å². The Hall–Kier alpha value is -2.28. The van der Waals surface area contributed by atoms with E-state index in [0.29, 0.717) is 16.8 Å². The standard InChI is InChI=1S/C17H17F3N2O2/c1-10-14(5-6-21-10)16(24)22-9-13(23)8-15(22)11-3-2-4-12(7-11)17(18,19)20/h2-7,13,15,21,23H,8-9H2,1H3/t13-,15-/m0/s1. The summed E-state index contributed by atoms with van der Waals surface area (Å²) >= 11 is 0. The van der Waals surface area contributed by atoms with Crippen molar-refractivity contribution < 1.29 is 23.1 Å². The lowest BCUT2D eigenvalue weighted by Crippen LogP contribution is -2.32. The van der Waals surface area contributed by atoms with Crippen LogP contribution in [-0.4, -0.2) is 33.5 Å². The summed E-state index contributed by atoms with van der Waals surface area (Å²) in [6.07, 6.45) is -3.35. The Bertz CT molecular complexity index is 754. The molecule has 0 radical (unpaired) electrons. The number of benzene rings is 1. The molecule has 0 unspecified atom stereocenters. The lowest BCUT2D eigenvalue weighted by atomic mass is 10.0. The number of aryl methyl sites for hydroxylation is 1. The third kappa shape index (κ3) is 3.03. The molecule has 4 nitrogen and oxygen atoms in total. The van der Waals surface area contributed by atoms with Crippen LogP contribution in [0.5, 0.6) is 0 Å². The number of aromatic amines is 1. The number of amides is 1. The molecule has 2 aromatic rings. The van der Waals surface area contributed by atoms with Crippen molar-refractivity contribution in [3.05, 3.63) is 58.9 Å². The second-order valence-electron chi connectivity index (χ2n) is 6.00. The monoisotopic (exact) mass is 338 g/mol. The van der Waals surface area contributed by atoms with E-state index in [1.807, 2.05) is 0 Å². The molecule has 1 aromatic carbocycles. The number of hydrogen-bond donors (Lipinski definition) is 2. The van der Waals surface area contributed by atoms with Gasteiger partial charge in [0.2, 0.25) is 0 Å². The van der Waals surface area contributed by atoms with E-state index < -0.39 is 23.9 Å². The van der Waals surface area contributed by atoms with E-state index in [1.54, 1.807) is 25.3 Å². The number of rotatable bonds is 2. The highest BCUT2D eigenvalue weighted by Crippen LogP contribution is 2.37. The number of aliphatic hydroxyl groups is 1. The van der Waals surface area contributed by atoms with Crippen LogP contribution in [0, 0.1) is 6.92 Å². The highest BCUT2D eigenvalue weighted by molar-refractivity contribution is 5.95. The average molecular weight is 338 g/mol. The lowest BCUT2D eigenvalue weighted by molar-refractivity contribution is -0.137. The quantitative estimate of drug-likeness (QED) is 0.883. The number of β-amino-alcohol motifs (C(OH)–C–C–N with tert-alkyl or cyclic N) is 1. The molecule has 128 valence electrons. The van der Waals surface area contributed by atoms with Crippen LogP contribution in [0.3, 0.4) is 0 Å². The van der Waals surface area contributed by atoms with Crippen molar-refractivity contribution in [3.63, 3.8) is 0 Å². The Kier molecular flexibility index (Phi) is 4.13. The van der Waals surface area contributed by atoms with E-state index in [1.165, 1.54) is 11.0 Å². The minimum absolute atomic E-state index is 0.102. The van der Waals surface area contributed by atoms with E-state index in [2.05, 4.69) is 4.98 Å². The Morgan fingerprint density at radius 2 is 2.08 bits per heavy atom. The van der Waals surface area contributed by atoms with Crippen LogP contribution >= 0.6 is 0 Å². The van der Waals surface area contributed by atoms with Crippen LogP contribution in [-0.2, 0) is 6.18 Å². The molecular weight excluding hydrogens is 321 g/mol. The van der Waals surface area contributed by atoms with Gasteiger partial charge in [-0.25, -0.2) is 0 Å². The summed E-state index contributed by atoms with van der Waals surface area (Å²) in [6, 6.07) is 5.98. The molecule has 0 saturated carbocycles. The number of alkyl halides is 3. The van der Waals surface area contributed by atoms with Gasteiger partial charge in [0.15, 0.2) is 0 Å². The molecule has 24 heavy (non-hydrogen) atoms. The van der Waals surface area contributed by atoms with Crippen molar-refractivity contribution in [1.82, 2.24) is 9.88 Å². The van der Waals surface area contributed by atoms with Crippen molar-refractivity contribution >= 4 is 5.91 Å². The summed E-state index contributed by atoms with van der Waals surface area (Å²) in [5, 5.41) is 9.95. The molecular formula is C17H17F3N2O2. The van der Waals surface area contributed by atoms with Gasteiger partial charge in [-0.15, -0.1) is 0 Å². The molecule has 2 atom stereocenters. The normalized spacial score (nSPS) is 21.3. The van der Waals surface area contributed by atoms with Crippen molar-refractivity contribution in [1.29, 1.82) is 0 Å². The molecule has 1 aliphatic heterocycles. The topological polar surface area (TPSA) is 56.3 Å². The van der Waals surface area contributed by atoms with Crippen LogP contribution in [0.4, 0.5) is 13.2 Å². The fraction of sp³-hybridized carbons (Fsp3) is 0.353. The molecule has 0 bridgehead atoms. The zero-order chi connectivity index (χ0) is 17.5. The molecule has 7 heteroatoms. The minimum Gasteiger partial charge on any atom is -0.391 e. The van der Waals surface area contributed by atoms with Crippen LogP contribution in [0.15, 0.2) is 36.5 Å². The maximum atomic E-state index is 12.9. The van der Waals surface area contributed by atoms with Crippen molar-refractivity contribution in [2.45, 2.75) is 31.7 Å². The number of likely N-dealkylation sites (tertiary alicyclic amines) is 1. The van der Waals surface area contributed by atoms with Crippen LogP contribution in [0.1, 0.15) is 39.6 Å². The SMILES string of the molecule is Cc1[nH]ccc1C(=O)N1C[C@@H](O)C[C@H]1c1cccc(C(F)(F)F)c1. The number of hydrogen-bond acceptors (Lipinski definition) is 2. The van der Waals surface area contributed by atoms with Gasteiger partial charge in [0.25, 0.3) is 5.91 Å². The predicted octanol–water partition coefficient (Wildman–Crippen LogP) is 3.29. The van der Waals surface area contributed by atoms with E-state index in [0.717, 1.165) is 12.1 Å². The van der Waals surface area contributed by atoms with Gasteiger partial charge in [-0.3, -0.25) is 4.79 Å². The Morgan fingerprint density at radius 1 is 1.33 bits per heavy atom. The fourth-order valence-electron chi connectivity index (χ4n) is 3.12. The van der Waals surface area contributed by atoms with Gasteiger partial charge in [-0.2, -0.15) is 13.2 Å². The highest BCUT2D eigenvalue weighted by atomic mass is 19.4. The molecule has 2 N–H and O–H groups in total. The molecule has 1 saturated heterocycles. The molecule has 2 heterocycles. The number of nitrogens with zero attached hydrogens (tertiary/aromatic N) is 1. The van der Waals surface area contributed by atoms with Gasteiger partial charge in [-0.1, -0.05) is 12.1 Å².